The number of nitrogens with two attached hydrogens (primary N) is 1. The number of rotatable bonds is 6. The lowest BCUT2D eigenvalue weighted by Crippen LogP contribution is -2.51. The average Bonchev–Trinajstić information content (AvgIpc) is 2.31. The summed E-state index contributed by atoms with van der Waals surface area (Å²) >= 11 is 6.04. The van der Waals surface area contributed by atoms with Crippen LogP contribution in [0.25, 0.3) is 0 Å². The van der Waals surface area contributed by atoms with Crippen molar-refractivity contribution in [2.24, 2.45) is 5.73 Å². The van der Waals surface area contributed by atoms with Gasteiger partial charge in [-0.15, -0.1) is 0 Å². The quantitative estimate of drug-likeness (QED) is 0.833. The highest BCUT2D eigenvalue weighted by molar-refractivity contribution is 6.31. The van der Waals surface area contributed by atoms with Crippen LogP contribution in [0.2, 0.25) is 5.02 Å². The fraction of sp³-hybridized carbons (Fsp3) is 0.500. The molecule has 0 aliphatic rings. The lowest BCUT2D eigenvalue weighted by atomic mass is 9.96. The maximum Gasteiger partial charge on any atom is 0.239 e. The highest BCUT2D eigenvalue weighted by atomic mass is 35.5. The van der Waals surface area contributed by atoms with E-state index in [1.165, 1.54) is 0 Å². The van der Waals surface area contributed by atoms with Gasteiger partial charge in [-0.1, -0.05) is 43.1 Å². The maximum absolute atomic E-state index is 11.9. The first-order valence-corrected chi connectivity index (χ1v) is 6.65. The summed E-state index contributed by atoms with van der Waals surface area (Å²) in [5.41, 5.74) is 6.20. The van der Waals surface area contributed by atoms with Crippen LogP contribution >= 0.6 is 11.6 Å². The normalized spacial score (nSPS) is 14.0. The summed E-state index contributed by atoms with van der Waals surface area (Å²) in [6.07, 6.45) is 2.30. The molecule has 1 unspecified atom stereocenters. The Morgan fingerprint density at radius 2 is 2.11 bits per heavy atom. The zero-order valence-electron chi connectivity index (χ0n) is 11.0. The number of nitrogens with one attached hydrogen (secondary N) is 1. The van der Waals surface area contributed by atoms with E-state index in [9.17, 15) is 4.79 Å². The third-order valence-corrected chi connectivity index (χ3v) is 3.29. The summed E-state index contributed by atoms with van der Waals surface area (Å²) in [6, 6.07) is 7.64. The van der Waals surface area contributed by atoms with Crippen LogP contribution in [0.1, 0.15) is 32.3 Å². The number of hydrogen-bond donors (Lipinski definition) is 2. The first kappa shape index (κ1) is 15.0. The number of hydrogen-bond acceptors (Lipinski definition) is 2. The van der Waals surface area contributed by atoms with Crippen LogP contribution in [0.3, 0.4) is 0 Å². The molecule has 0 saturated carbocycles. The zero-order valence-corrected chi connectivity index (χ0v) is 11.8. The zero-order chi connectivity index (χ0) is 13.6. The Kier molecular flexibility index (Phi) is 5.63. The van der Waals surface area contributed by atoms with Crippen LogP contribution in [0.15, 0.2) is 24.3 Å². The van der Waals surface area contributed by atoms with Crippen molar-refractivity contribution in [1.82, 2.24) is 5.32 Å². The van der Waals surface area contributed by atoms with Crippen molar-refractivity contribution < 1.29 is 4.79 Å². The lowest BCUT2D eigenvalue weighted by molar-refractivity contribution is -0.126. The molecule has 18 heavy (non-hydrogen) atoms. The van der Waals surface area contributed by atoms with Crippen molar-refractivity contribution in [3.63, 3.8) is 0 Å². The minimum atomic E-state index is -0.783. The van der Waals surface area contributed by atoms with Crippen LogP contribution in [0, 0.1) is 0 Å². The van der Waals surface area contributed by atoms with Crippen LogP contribution in [0.4, 0.5) is 0 Å². The van der Waals surface area contributed by atoms with E-state index in [0.717, 1.165) is 17.0 Å². The highest BCUT2D eigenvalue weighted by Gasteiger charge is 2.26. The molecule has 1 amide bonds. The average molecular weight is 269 g/mol. The van der Waals surface area contributed by atoms with Gasteiger partial charge in [0.05, 0.1) is 5.54 Å². The van der Waals surface area contributed by atoms with E-state index in [2.05, 4.69) is 5.32 Å². The molecule has 1 atom stereocenters. The van der Waals surface area contributed by atoms with Crippen molar-refractivity contribution in [2.75, 3.05) is 6.54 Å². The van der Waals surface area contributed by atoms with E-state index < -0.39 is 5.54 Å². The second-order valence-corrected chi connectivity index (χ2v) is 5.17. The minimum absolute atomic E-state index is 0.101. The highest BCUT2D eigenvalue weighted by Crippen LogP contribution is 2.15. The Hall–Kier alpha value is -1.06. The SMILES string of the molecule is CCCC(C)(N)C(=O)NCCc1ccccc1Cl. The molecule has 0 saturated heterocycles. The Morgan fingerprint density at radius 1 is 1.44 bits per heavy atom. The minimum Gasteiger partial charge on any atom is -0.354 e. The fourth-order valence-corrected chi connectivity index (χ4v) is 2.08. The molecule has 0 bridgehead atoms. The molecular formula is C14H21ClN2O. The summed E-state index contributed by atoms with van der Waals surface area (Å²) in [7, 11) is 0. The van der Waals surface area contributed by atoms with Gasteiger partial charge in [0.1, 0.15) is 0 Å². The molecule has 1 aromatic carbocycles. The third-order valence-electron chi connectivity index (χ3n) is 2.93. The van der Waals surface area contributed by atoms with Crippen LogP contribution in [-0.2, 0) is 11.2 Å². The Labute approximate surface area is 114 Å². The second kappa shape index (κ2) is 6.76. The van der Waals surface area contributed by atoms with Crippen molar-refractivity contribution >= 4 is 17.5 Å². The monoisotopic (exact) mass is 268 g/mol. The molecule has 3 N–H and O–H groups in total. The molecule has 1 rings (SSSR count). The molecule has 0 radical (unpaired) electrons. The smallest absolute Gasteiger partial charge is 0.239 e. The van der Waals surface area contributed by atoms with Crippen LogP contribution < -0.4 is 11.1 Å². The molecule has 0 aromatic heterocycles. The molecule has 3 nitrogen and oxygen atoms in total. The van der Waals surface area contributed by atoms with E-state index in [-0.39, 0.29) is 5.91 Å². The molecule has 1 aromatic rings. The molecule has 0 heterocycles. The van der Waals surface area contributed by atoms with Gasteiger partial charge in [0.25, 0.3) is 0 Å². The van der Waals surface area contributed by atoms with Gasteiger partial charge in [-0.25, -0.2) is 0 Å². The summed E-state index contributed by atoms with van der Waals surface area (Å²) in [5, 5.41) is 3.59. The Balaban J connectivity index is 2.43. The van der Waals surface area contributed by atoms with Gasteiger partial charge in [-0.3, -0.25) is 4.79 Å². The van der Waals surface area contributed by atoms with Gasteiger partial charge in [-0.05, 0) is 31.4 Å². The standard InChI is InChI=1S/C14H21ClN2O/c1-3-9-14(2,16)13(18)17-10-8-11-6-4-5-7-12(11)15/h4-7H,3,8-10,16H2,1-2H3,(H,17,18). The van der Waals surface area contributed by atoms with Gasteiger partial charge in [0.2, 0.25) is 5.91 Å². The van der Waals surface area contributed by atoms with Gasteiger partial charge < -0.3 is 11.1 Å². The van der Waals surface area contributed by atoms with Crippen LogP contribution in [-0.4, -0.2) is 18.0 Å². The summed E-state index contributed by atoms with van der Waals surface area (Å²) < 4.78 is 0. The molecule has 0 spiro atoms. The number of benzene rings is 1. The molecule has 4 heteroatoms. The largest absolute Gasteiger partial charge is 0.354 e. The topological polar surface area (TPSA) is 55.1 Å². The van der Waals surface area contributed by atoms with Crippen LogP contribution in [0.5, 0.6) is 0 Å². The molecule has 0 aliphatic heterocycles. The maximum atomic E-state index is 11.9. The van der Waals surface area contributed by atoms with Gasteiger partial charge >= 0.3 is 0 Å². The van der Waals surface area contributed by atoms with Crippen molar-refractivity contribution in [2.45, 2.75) is 38.6 Å². The summed E-state index contributed by atoms with van der Waals surface area (Å²) in [5.74, 6) is -0.101. The number of halogens is 1. The van der Waals surface area contributed by atoms with Gasteiger partial charge in [0, 0.05) is 11.6 Å². The van der Waals surface area contributed by atoms with E-state index in [4.69, 9.17) is 17.3 Å². The second-order valence-electron chi connectivity index (χ2n) is 4.76. The first-order chi connectivity index (χ1) is 8.47. The predicted molar refractivity (Wildman–Crippen MR) is 75.7 cm³/mol. The van der Waals surface area contributed by atoms with Gasteiger partial charge in [-0.2, -0.15) is 0 Å². The molecule has 0 aliphatic carbocycles. The molecule has 100 valence electrons. The summed E-state index contributed by atoms with van der Waals surface area (Å²) in [4.78, 5) is 11.9. The molecular weight excluding hydrogens is 248 g/mol. The van der Waals surface area contributed by atoms with E-state index in [1.54, 1.807) is 6.92 Å². The lowest BCUT2D eigenvalue weighted by Gasteiger charge is -2.22. The Bertz CT molecular complexity index is 405. The summed E-state index contributed by atoms with van der Waals surface area (Å²) in [6.45, 7) is 4.34. The van der Waals surface area contributed by atoms with E-state index >= 15 is 0 Å². The fourth-order valence-electron chi connectivity index (χ4n) is 1.85. The number of amides is 1. The van der Waals surface area contributed by atoms with Crippen molar-refractivity contribution in [1.29, 1.82) is 0 Å². The van der Waals surface area contributed by atoms with Gasteiger partial charge in [0.15, 0.2) is 0 Å². The van der Waals surface area contributed by atoms with Crippen molar-refractivity contribution in [3.05, 3.63) is 34.9 Å². The first-order valence-electron chi connectivity index (χ1n) is 6.28. The predicted octanol–water partition coefficient (Wildman–Crippen LogP) is 2.52. The van der Waals surface area contributed by atoms with E-state index in [0.29, 0.717) is 19.4 Å². The third kappa shape index (κ3) is 4.31. The molecule has 0 fully saturated rings. The van der Waals surface area contributed by atoms with E-state index in [1.807, 2.05) is 31.2 Å². The Morgan fingerprint density at radius 3 is 2.72 bits per heavy atom. The van der Waals surface area contributed by atoms with Crippen molar-refractivity contribution in [3.8, 4) is 0 Å². The number of carbonyl (C=O) groups excluding carboxylic acids is 1. The number of carbonyl (C=O) groups is 1.